The van der Waals surface area contributed by atoms with E-state index in [1.165, 1.54) is 57.7 Å². The van der Waals surface area contributed by atoms with Gasteiger partial charge in [0.2, 0.25) is 0 Å². The molecule has 1 aliphatic carbocycles. The predicted octanol–water partition coefficient (Wildman–Crippen LogP) is 3.67. The van der Waals surface area contributed by atoms with Crippen molar-refractivity contribution in [2.24, 2.45) is 0 Å². The molecule has 2 fully saturated rings. The van der Waals surface area contributed by atoms with E-state index in [9.17, 15) is 4.39 Å². The van der Waals surface area contributed by atoms with Crippen molar-refractivity contribution < 1.29 is 4.39 Å². The van der Waals surface area contributed by atoms with Gasteiger partial charge in [-0.15, -0.1) is 0 Å². The zero-order chi connectivity index (χ0) is 14.5. The summed E-state index contributed by atoms with van der Waals surface area (Å²) in [6.07, 6.45) is 8.46. The van der Waals surface area contributed by atoms with Crippen molar-refractivity contribution in [3.63, 3.8) is 0 Å². The third kappa shape index (κ3) is 4.27. The van der Waals surface area contributed by atoms with Gasteiger partial charge in [-0.1, -0.05) is 37.8 Å². The highest BCUT2D eigenvalue weighted by molar-refractivity contribution is 5.16. The lowest BCUT2D eigenvalue weighted by Gasteiger charge is -2.39. The minimum atomic E-state index is -0.121. The second kappa shape index (κ2) is 7.37. The average molecular weight is 290 g/mol. The SMILES string of the molecule is Fc1cccc(CN2CCN(C3CCCCCC3)CC2)c1. The maximum atomic E-state index is 13.2. The summed E-state index contributed by atoms with van der Waals surface area (Å²) in [7, 11) is 0. The standard InChI is InChI=1S/C18H27FN2/c19-17-7-5-6-16(14-17)15-20-10-12-21(13-11-20)18-8-3-1-2-4-9-18/h5-7,14,18H,1-4,8-13,15H2. The highest BCUT2D eigenvalue weighted by Crippen LogP contribution is 2.23. The third-order valence-electron chi connectivity index (χ3n) is 5.04. The molecular formula is C18H27FN2. The van der Waals surface area contributed by atoms with Gasteiger partial charge >= 0.3 is 0 Å². The zero-order valence-electron chi connectivity index (χ0n) is 12.9. The molecule has 0 bridgehead atoms. The van der Waals surface area contributed by atoms with E-state index in [0.717, 1.165) is 31.2 Å². The van der Waals surface area contributed by atoms with E-state index >= 15 is 0 Å². The molecule has 0 atom stereocenters. The molecule has 116 valence electrons. The number of nitrogens with zero attached hydrogens (tertiary/aromatic N) is 2. The van der Waals surface area contributed by atoms with Crippen LogP contribution in [0.3, 0.4) is 0 Å². The maximum Gasteiger partial charge on any atom is 0.123 e. The molecular weight excluding hydrogens is 263 g/mol. The van der Waals surface area contributed by atoms with E-state index < -0.39 is 0 Å². The Morgan fingerprint density at radius 1 is 0.952 bits per heavy atom. The van der Waals surface area contributed by atoms with E-state index in [4.69, 9.17) is 0 Å². The molecule has 3 rings (SSSR count). The van der Waals surface area contributed by atoms with E-state index in [-0.39, 0.29) is 5.82 Å². The van der Waals surface area contributed by atoms with Crippen molar-refractivity contribution in [3.8, 4) is 0 Å². The summed E-state index contributed by atoms with van der Waals surface area (Å²) in [6, 6.07) is 7.85. The molecule has 2 nitrogen and oxygen atoms in total. The molecule has 1 heterocycles. The Labute approximate surface area is 127 Å². The van der Waals surface area contributed by atoms with Crippen molar-refractivity contribution in [1.82, 2.24) is 9.80 Å². The molecule has 1 saturated heterocycles. The largest absolute Gasteiger partial charge is 0.298 e. The Hall–Kier alpha value is -0.930. The zero-order valence-corrected chi connectivity index (χ0v) is 12.9. The Bertz CT molecular complexity index is 433. The molecule has 3 heteroatoms. The van der Waals surface area contributed by atoms with E-state index in [1.807, 2.05) is 12.1 Å². The van der Waals surface area contributed by atoms with Crippen molar-refractivity contribution in [1.29, 1.82) is 0 Å². The van der Waals surface area contributed by atoms with Gasteiger partial charge in [0.25, 0.3) is 0 Å². The van der Waals surface area contributed by atoms with Gasteiger partial charge in [0.15, 0.2) is 0 Å². The molecule has 0 amide bonds. The fourth-order valence-electron chi connectivity index (χ4n) is 3.80. The van der Waals surface area contributed by atoms with Crippen molar-refractivity contribution in [3.05, 3.63) is 35.6 Å². The minimum Gasteiger partial charge on any atom is -0.298 e. The highest BCUT2D eigenvalue weighted by atomic mass is 19.1. The van der Waals surface area contributed by atoms with Gasteiger partial charge in [-0.05, 0) is 30.5 Å². The molecule has 1 saturated carbocycles. The molecule has 0 radical (unpaired) electrons. The number of halogens is 1. The van der Waals surface area contributed by atoms with Gasteiger partial charge in [-0.2, -0.15) is 0 Å². The van der Waals surface area contributed by atoms with Crippen LogP contribution in [0.5, 0.6) is 0 Å². The molecule has 0 spiro atoms. The average Bonchev–Trinajstić information content (AvgIpc) is 2.77. The van der Waals surface area contributed by atoms with Crippen LogP contribution in [0.25, 0.3) is 0 Å². The topological polar surface area (TPSA) is 6.48 Å². The normalized spacial score (nSPS) is 23.1. The van der Waals surface area contributed by atoms with Gasteiger partial charge in [-0.25, -0.2) is 4.39 Å². The van der Waals surface area contributed by atoms with Crippen LogP contribution in [-0.4, -0.2) is 42.0 Å². The summed E-state index contributed by atoms with van der Waals surface area (Å²) in [4.78, 5) is 5.16. The highest BCUT2D eigenvalue weighted by Gasteiger charge is 2.24. The monoisotopic (exact) mass is 290 g/mol. The van der Waals surface area contributed by atoms with Crippen LogP contribution in [0.4, 0.5) is 4.39 Å². The second-order valence-electron chi connectivity index (χ2n) is 6.59. The van der Waals surface area contributed by atoms with Crippen molar-refractivity contribution in [2.75, 3.05) is 26.2 Å². The van der Waals surface area contributed by atoms with Crippen molar-refractivity contribution >= 4 is 0 Å². The lowest BCUT2D eigenvalue weighted by Crippen LogP contribution is -2.49. The molecule has 2 aliphatic rings. The Morgan fingerprint density at radius 3 is 2.33 bits per heavy atom. The van der Waals surface area contributed by atoms with Crippen LogP contribution in [0.2, 0.25) is 0 Å². The Balaban J connectivity index is 1.48. The number of rotatable bonds is 3. The first kappa shape index (κ1) is 15.0. The number of hydrogen-bond donors (Lipinski definition) is 0. The number of benzene rings is 1. The quantitative estimate of drug-likeness (QED) is 0.784. The minimum absolute atomic E-state index is 0.121. The number of piperazine rings is 1. The van der Waals surface area contributed by atoms with Crippen LogP contribution in [-0.2, 0) is 6.54 Å². The molecule has 0 aromatic heterocycles. The lowest BCUT2D eigenvalue weighted by atomic mass is 10.1. The summed E-state index contributed by atoms with van der Waals surface area (Å²) in [5.74, 6) is -0.121. The smallest absolute Gasteiger partial charge is 0.123 e. The molecule has 1 aromatic rings. The van der Waals surface area contributed by atoms with Gasteiger partial charge in [0.1, 0.15) is 5.82 Å². The van der Waals surface area contributed by atoms with Crippen LogP contribution in [0, 0.1) is 5.82 Å². The summed E-state index contributed by atoms with van der Waals surface area (Å²) >= 11 is 0. The van der Waals surface area contributed by atoms with Gasteiger partial charge in [-0.3, -0.25) is 9.80 Å². The number of hydrogen-bond acceptors (Lipinski definition) is 2. The third-order valence-corrected chi connectivity index (χ3v) is 5.04. The predicted molar refractivity (Wildman–Crippen MR) is 84.7 cm³/mol. The first-order chi connectivity index (χ1) is 10.3. The van der Waals surface area contributed by atoms with Crippen LogP contribution in [0.15, 0.2) is 24.3 Å². The van der Waals surface area contributed by atoms with E-state index in [0.29, 0.717) is 0 Å². The first-order valence-corrected chi connectivity index (χ1v) is 8.52. The molecule has 1 aromatic carbocycles. The summed E-state index contributed by atoms with van der Waals surface area (Å²) in [5.41, 5.74) is 1.10. The molecule has 0 unspecified atom stereocenters. The Kier molecular flexibility index (Phi) is 5.26. The summed E-state index contributed by atoms with van der Waals surface area (Å²) < 4.78 is 13.2. The molecule has 21 heavy (non-hydrogen) atoms. The fraction of sp³-hybridized carbons (Fsp3) is 0.667. The van der Waals surface area contributed by atoms with E-state index in [1.54, 1.807) is 6.07 Å². The van der Waals surface area contributed by atoms with E-state index in [2.05, 4.69) is 9.80 Å². The van der Waals surface area contributed by atoms with Crippen molar-refractivity contribution in [2.45, 2.75) is 51.1 Å². The van der Waals surface area contributed by atoms with Gasteiger partial charge < -0.3 is 0 Å². The van der Waals surface area contributed by atoms with Crippen LogP contribution >= 0.6 is 0 Å². The Morgan fingerprint density at radius 2 is 1.67 bits per heavy atom. The maximum absolute atomic E-state index is 13.2. The van der Waals surface area contributed by atoms with Gasteiger partial charge in [0.05, 0.1) is 0 Å². The summed E-state index contributed by atoms with van der Waals surface area (Å²) in [6.45, 7) is 5.48. The molecule has 0 N–H and O–H groups in total. The second-order valence-corrected chi connectivity index (χ2v) is 6.59. The van der Waals surface area contributed by atoms with Crippen LogP contribution < -0.4 is 0 Å². The molecule has 1 aliphatic heterocycles. The summed E-state index contributed by atoms with van der Waals surface area (Å²) in [5, 5.41) is 0. The first-order valence-electron chi connectivity index (χ1n) is 8.52. The van der Waals surface area contributed by atoms with Crippen LogP contribution in [0.1, 0.15) is 44.1 Å². The fourth-order valence-corrected chi connectivity index (χ4v) is 3.80. The van der Waals surface area contributed by atoms with Gasteiger partial charge in [0, 0.05) is 38.8 Å². The lowest BCUT2D eigenvalue weighted by molar-refractivity contribution is 0.0851.